The van der Waals surface area contributed by atoms with Gasteiger partial charge in [0, 0.05) is 37.3 Å². The third kappa shape index (κ3) is 3.19. The van der Waals surface area contributed by atoms with Gasteiger partial charge < -0.3 is 19.3 Å². The third-order valence-corrected chi connectivity index (χ3v) is 6.06. The quantitative estimate of drug-likeness (QED) is 0.698. The van der Waals surface area contributed by atoms with Gasteiger partial charge in [-0.25, -0.2) is 0 Å². The fourth-order valence-electron chi connectivity index (χ4n) is 4.55. The summed E-state index contributed by atoms with van der Waals surface area (Å²) in [4.78, 5) is 17.6. The molecule has 0 bridgehead atoms. The third-order valence-electron chi connectivity index (χ3n) is 6.06. The van der Waals surface area contributed by atoms with E-state index >= 15 is 0 Å². The van der Waals surface area contributed by atoms with E-state index in [1.165, 1.54) is 0 Å². The molecule has 2 saturated heterocycles. The molecule has 2 aliphatic heterocycles. The second-order valence-electron chi connectivity index (χ2n) is 8.33. The topological polar surface area (TPSA) is 42.0 Å². The highest BCUT2D eigenvalue weighted by atomic mass is 16.5. The van der Waals surface area contributed by atoms with Crippen LogP contribution in [-0.2, 0) is 0 Å². The smallest absolute Gasteiger partial charge is 0.194 e. The second kappa shape index (κ2) is 6.90. The zero-order chi connectivity index (χ0) is 19.3. The van der Waals surface area contributed by atoms with E-state index in [4.69, 9.17) is 9.47 Å². The summed E-state index contributed by atoms with van der Waals surface area (Å²) in [6.07, 6.45) is 2.45. The minimum absolute atomic E-state index is 0.0629. The standard InChI is InChI=1S/C23H26N2O3/c1-24-9-7-17(13-24)27-15-3-5-19-20-6-4-16(28-18-8-10-25(2)14-18)12-22(20)23(26)21(19)11-15/h3-6,11-12,17-18H,7-10,13-14H2,1-2H3/t17-,18-/m0/s1. The number of ether oxygens (including phenoxy) is 2. The lowest BCUT2D eigenvalue weighted by atomic mass is 10.1. The number of likely N-dealkylation sites (N-methyl/N-ethyl adjacent to an activating group) is 2. The van der Waals surface area contributed by atoms with Crippen LogP contribution in [0.15, 0.2) is 36.4 Å². The molecule has 146 valence electrons. The molecule has 2 fully saturated rings. The minimum atomic E-state index is 0.0629. The van der Waals surface area contributed by atoms with Crippen LogP contribution in [0.4, 0.5) is 0 Å². The Bertz CT molecular complexity index is 853. The summed E-state index contributed by atoms with van der Waals surface area (Å²) in [5, 5.41) is 0. The zero-order valence-corrected chi connectivity index (χ0v) is 16.5. The highest BCUT2D eigenvalue weighted by Crippen LogP contribution is 2.40. The first-order valence-electron chi connectivity index (χ1n) is 10.1. The largest absolute Gasteiger partial charge is 0.489 e. The summed E-state index contributed by atoms with van der Waals surface area (Å²) in [6, 6.07) is 11.8. The highest BCUT2D eigenvalue weighted by Gasteiger charge is 2.29. The number of fused-ring (bicyclic) bond motifs is 3. The van der Waals surface area contributed by atoms with E-state index in [-0.39, 0.29) is 18.0 Å². The average molecular weight is 378 g/mol. The van der Waals surface area contributed by atoms with Crippen molar-refractivity contribution < 1.29 is 14.3 Å². The van der Waals surface area contributed by atoms with Crippen molar-refractivity contribution in [3.05, 3.63) is 47.5 Å². The number of hydrogen-bond donors (Lipinski definition) is 0. The number of hydrogen-bond acceptors (Lipinski definition) is 5. The van der Waals surface area contributed by atoms with Crippen LogP contribution in [-0.4, -0.2) is 68.1 Å². The van der Waals surface area contributed by atoms with Gasteiger partial charge in [0.25, 0.3) is 0 Å². The summed E-state index contributed by atoms with van der Waals surface area (Å²) in [6.45, 7) is 3.98. The van der Waals surface area contributed by atoms with Gasteiger partial charge in [-0.3, -0.25) is 4.79 Å². The maximum atomic E-state index is 13.0. The molecule has 28 heavy (non-hydrogen) atoms. The molecule has 0 amide bonds. The van der Waals surface area contributed by atoms with Crippen molar-refractivity contribution in [3.63, 3.8) is 0 Å². The monoisotopic (exact) mass is 378 g/mol. The lowest BCUT2D eigenvalue weighted by molar-refractivity contribution is 0.104. The van der Waals surface area contributed by atoms with Crippen molar-refractivity contribution in [3.8, 4) is 22.6 Å². The van der Waals surface area contributed by atoms with Crippen LogP contribution in [0, 0.1) is 0 Å². The first-order chi connectivity index (χ1) is 13.6. The predicted octanol–water partition coefficient (Wildman–Crippen LogP) is 3.06. The van der Waals surface area contributed by atoms with Gasteiger partial charge in [-0.2, -0.15) is 0 Å². The number of likely N-dealkylation sites (tertiary alicyclic amines) is 2. The predicted molar refractivity (Wildman–Crippen MR) is 108 cm³/mol. The van der Waals surface area contributed by atoms with E-state index < -0.39 is 0 Å². The molecule has 5 heteroatoms. The van der Waals surface area contributed by atoms with Gasteiger partial charge in [0.05, 0.1) is 0 Å². The van der Waals surface area contributed by atoms with Crippen LogP contribution in [0.3, 0.4) is 0 Å². The Kier molecular flexibility index (Phi) is 4.37. The van der Waals surface area contributed by atoms with Gasteiger partial charge in [0.2, 0.25) is 0 Å². The first-order valence-corrected chi connectivity index (χ1v) is 10.1. The molecule has 0 unspecified atom stereocenters. The van der Waals surface area contributed by atoms with Crippen LogP contribution < -0.4 is 9.47 Å². The number of carbonyl (C=O) groups is 1. The number of carbonyl (C=O) groups excluding carboxylic acids is 1. The molecule has 2 aromatic rings. The van der Waals surface area contributed by atoms with Crippen LogP contribution in [0.5, 0.6) is 11.5 Å². The van der Waals surface area contributed by atoms with Crippen LogP contribution >= 0.6 is 0 Å². The van der Waals surface area contributed by atoms with E-state index in [1.807, 2.05) is 36.4 Å². The Hall–Kier alpha value is -2.37. The van der Waals surface area contributed by atoms with Crippen molar-refractivity contribution in [1.29, 1.82) is 0 Å². The van der Waals surface area contributed by atoms with E-state index in [0.29, 0.717) is 0 Å². The highest BCUT2D eigenvalue weighted by molar-refractivity contribution is 6.22. The molecule has 0 aromatic heterocycles. The van der Waals surface area contributed by atoms with Crippen molar-refractivity contribution in [2.75, 3.05) is 40.3 Å². The van der Waals surface area contributed by atoms with Gasteiger partial charge in [0.15, 0.2) is 5.78 Å². The Morgan fingerprint density at radius 2 is 1.21 bits per heavy atom. The summed E-state index contributed by atoms with van der Waals surface area (Å²) in [7, 11) is 4.21. The number of ketones is 1. The molecule has 2 atom stereocenters. The van der Waals surface area contributed by atoms with E-state index in [0.717, 1.165) is 72.8 Å². The fourth-order valence-corrected chi connectivity index (χ4v) is 4.55. The molecule has 0 radical (unpaired) electrons. The lowest BCUT2D eigenvalue weighted by Gasteiger charge is -2.14. The molecule has 5 nitrogen and oxygen atoms in total. The Morgan fingerprint density at radius 1 is 0.750 bits per heavy atom. The molecular weight excluding hydrogens is 352 g/mol. The first kappa shape index (κ1) is 17.7. The van der Waals surface area contributed by atoms with Gasteiger partial charge in [0.1, 0.15) is 23.7 Å². The van der Waals surface area contributed by atoms with E-state index in [1.54, 1.807) is 0 Å². The summed E-state index contributed by atoms with van der Waals surface area (Å²) in [5.41, 5.74) is 3.44. The van der Waals surface area contributed by atoms with E-state index in [2.05, 4.69) is 23.9 Å². The molecule has 0 saturated carbocycles. The van der Waals surface area contributed by atoms with Crippen molar-refractivity contribution >= 4 is 5.78 Å². The summed E-state index contributed by atoms with van der Waals surface area (Å²) < 4.78 is 12.2. The Morgan fingerprint density at radius 3 is 1.61 bits per heavy atom. The van der Waals surface area contributed by atoms with Crippen molar-refractivity contribution in [1.82, 2.24) is 9.80 Å². The maximum absolute atomic E-state index is 13.0. The average Bonchev–Trinajstić information content (AvgIpc) is 3.35. The maximum Gasteiger partial charge on any atom is 0.194 e. The van der Waals surface area contributed by atoms with E-state index in [9.17, 15) is 4.79 Å². The molecule has 2 aromatic carbocycles. The molecule has 2 heterocycles. The molecule has 0 N–H and O–H groups in total. The van der Waals surface area contributed by atoms with Gasteiger partial charge in [-0.15, -0.1) is 0 Å². The van der Waals surface area contributed by atoms with Crippen molar-refractivity contribution in [2.45, 2.75) is 25.0 Å². The molecule has 0 spiro atoms. The molecule has 1 aliphatic carbocycles. The Balaban J connectivity index is 1.36. The SMILES string of the molecule is CN1CC[C@H](Oc2ccc3c(c2)C(=O)c2cc(O[C@H]4CCN(C)C4)ccc2-3)C1. The summed E-state index contributed by atoms with van der Waals surface area (Å²) in [5.74, 6) is 1.63. The van der Waals surface area contributed by atoms with Crippen molar-refractivity contribution in [2.24, 2.45) is 0 Å². The van der Waals surface area contributed by atoms with Crippen LogP contribution in [0.1, 0.15) is 28.8 Å². The Labute approximate surface area is 165 Å². The number of rotatable bonds is 4. The summed E-state index contributed by atoms with van der Waals surface area (Å²) >= 11 is 0. The van der Waals surface area contributed by atoms with Gasteiger partial charge >= 0.3 is 0 Å². The normalized spacial score (nSPS) is 24.4. The molecule has 5 rings (SSSR count). The second-order valence-corrected chi connectivity index (χ2v) is 8.33. The fraction of sp³-hybridized carbons (Fsp3) is 0.435. The van der Waals surface area contributed by atoms with Gasteiger partial charge in [-0.05, 0) is 74.5 Å². The number of benzene rings is 2. The van der Waals surface area contributed by atoms with Crippen LogP contribution in [0.2, 0.25) is 0 Å². The molecular formula is C23H26N2O3. The van der Waals surface area contributed by atoms with Crippen LogP contribution in [0.25, 0.3) is 11.1 Å². The number of nitrogens with zero attached hydrogens (tertiary/aromatic N) is 2. The molecule has 3 aliphatic rings. The zero-order valence-electron chi connectivity index (χ0n) is 16.5. The minimum Gasteiger partial charge on any atom is -0.489 e. The lowest BCUT2D eigenvalue weighted by Crippen LogP contribution is -2.21. The van der Waals surface area contributed by atoms with Gasteiger partial charge in [-0.1, -0.05) is 0 Å².